The molecule has 0 saturated carbocycles. The normalized spacial score (nSPS) is 18.4. The van der Waals surface area contributed by atoms with Crippen LogP contribution in [0.2, 0.25) is 5.02 Å². The van der Waals surface area contributed by atoms with Crippen LogP contribution in [0.15, 0.2) is 18.2 Å². The number of nitrogen functional groups attached to an aromatic ring is 1. The Labute approximate surface area is 121 Å². The molecule has 3 nitrogen and oxygen atoms in total. The van der Waals surface area contributed by atoms with E-state index in [1.54, 1.807) is 18.2 Å². The van der Waals surface area contributed by atoms with Crippen molar-refractivity contribution in [3.8, 4) is 0 Å². The minimum atomic E-state index is -4.13. The van der Waals surface area contributed by atoms with Gasteiger partial charge in [0.25, 0.3) is 0 Å². The van der Waals surface area contributed by atoms with Gasteiger partial charge in [-0.25, -0.2) is 0 Å². The lowest BCUT2D eigenvalue weighted by molar-refractivity contribution is -0.149. The first-order chi connectivity index (χ1) is 9.33. The second-order valence-corrected chi connectivity index (χ2v) is 5.45. The molecule has 112 valence electrons. The van der Waals surface area contributed by atoms with Crippen LogP contribution in [0.5, 0.6) is 0 Å². The summed E-state index contributed by atoms with van der Waals surface area (Å²) in [5.41, 5.74) is 7.45. The lowest BCUT2D eigenvalue weighted by Gasteiger charge is -2.35. The summed E-state index contributed by atoms with van der Waals surface area (Å²) in [6.07, 6.45) is -4.13. The molecule has 0 aliphatic carbocycles. The van der Waals surface area contributed by atoms with Crippen molar-refractivity contribution in [1.29, 1.82) is 0 Å². The Bertz CT molecular complexity index is 457. The molecule has 2 N–H and O–H groups in total. The van der Waals surface area contributed by atoms with Crippen LogP contribution in [-0.4, -0.2) is 48.7 Å². The van der Waals surface area contributed by atoms with Gasteiger partial charge in [0.1, 0.15) is 0 Å². The second kappa shape index (κ2) is 6.20. The lowest BCUT2D eigenvalue weighted by Crippen LogP contribution is -2.48. The lowest BCUT2D eigenvalue weighted by atomic mass is 10.1. The number of alkyl halides is 3. The monoisotopic (exact) mass is 307 g/mol. The van der Waals surface area contributed by atoms with Crippen molar-refractivity contribution in [2.75, 3.05) is 38.5 Å². The summed E-state index contributed by atoms with van der Waals surface area (Å²) in [6.45, 7) is 1.82. The van der Waals surface area contributed by atoms with Crippen molar-refractivity contribution in [1.82, 2.24) is 9.80 Å². The van der Waals surface area contributed by atoms with Crippen LogP contribution in [0.4, 0.5) is 18.9 Å². The Morgan fingerprint density at radius 2 is 1.70 bits per heavy atom. The number of halogens is 4. The molecule has 2 rings (SSSR count). The summed E-state index contributed by atoms with van der Waals surface area (Å²) in [5, 5.41) is 0.616. The fourth-order valence-electron chi connectivity index (χ4n) is 2.31. The fourth-order valence-corrected chi connectivity index (χ4v) is 2.51. The number of anilines is 1. The number of piperazine rings is 1. The maximum atomic E-state index is 12.3. The topological polar surface area (TPSA) is 32.5 Å². The largest absolute Gasteiger partial charge is 0.401 e. The van der Waals surface area contributed by atoms with Crippen LogP contribution in [0.3, 0.4) is 0 Å². The molecule has 1 heterocycles. The van der Waals surface area contributed by atoms with Gasteiger partial charge in [0.05, 0.1) is 6.54 Å². The molecule has 1 aliphatic heterocycles. The van der Waals surface area contributed by atoms with E-state index in [0.717, 1.165) is 5.56 Å². The van der Waals surface area contributed by atoms with Gasteiger partial charge in [-0.3, -0.25) is 9.80 Å². The summed E-state index contributed by atoms with van der Waals surface area (Å²) in [7, 11) is 0. The van der Waals surface area contributed by atoms with E-state index >= 15 is 0 Å². The highest BCUT2D eigenvalue weighted by atomic mass is 35.5. The molecule has 20 heavy (non-hydrogen) atoms. The molecule has 0 atom stereocenters. The SMILES string of the molecule is Nc1ccc(Cl)cc1CN1CCN(CC(F)(F)F)CC1. The van der Waals surface area contributed by atoms with E-state index in [1.807, 2.05) is 0 Å². The molecule has 0 radical (unpaired) electrons. The number of nitrogens with zero attached hydrogens (tertiary/aromatic N) is 2. The van der Waals surface area contributed by atoms with Gasteiger partial charge in [-0.1, -0.05) is 11.6 Å². The molecule has 1 saturated heterocycles. The predicted octanol–water partition coefficient (Wildman–Crippen LogP) is 2.60. The zero-order valence-corrected chi connectivity index (χ0v) is 11.7. The zero-order chi connectivity index (χ0) is 14.8. The van der Waals surface area contributed by atoms with Gasteiger partial charge in [-0.05, 0) is 23.8 Å². The molecule has 0 amide bonds. The summed E-state index contributed by atoms with van der Waals surface area (Å²) in [5.74, 6) is 0. The number of rotatable bonds is 3. The third-order valence-electron chi connectivity index (χ3n) is 3.37. The second-order valence-electron chi connectivity index (χ2n) is 5.01. The van der Waals surface area contributed by atoms with Crippen molar-refractivity contribution >= 4 is 17.3 Å². The van der Waals surface area contributed by atoms with E-state index in [9.17, 15) is 13.2 Å². The summed E-state index contributed by atoms with van der Waals surface area (Å²) < 4.78 is 36.9. The van der Waals surface area contributed by atoms with Gasteiger partial charge in [0.2, 0.25) is 0 Å². The standard InChI is InChI=1S/C13H17ClF3N3/c14-11-1-2-12(18)10(7-11)8-19-3-5-20(6-4-19)9-13(15,16)17/h1-2,7H,3-6,8-9,18H2. The van der Waals surface area contributed by atoms with Crippen molar-refractivity contribution < 1.29 is 13.2 Å². The van der Waals surface area contributed by atoms with Gasteiger partial charge in [-0.15, -0.1) is 0 Å². The molecule has 1 aromatic rings. The van der Waals surface area contributed by atoms with E-state index in [1.165, 1.54) is 4.90 Å². The van der Waals surface area contributed by atoms with Gasteiger partial charge >= 0.3 is 6.18 Å². The van der Waals surface area contributed by atoms with E-state index in [-0.39, 0.29) is 0 Å². The summed E-state index contributed by atoms with van der Waals surface area (Å²) in [6, 6.07) is 5.28. The first-order valence-corrected chi connectivity index (χ1v) is 6.77. The number of hydrogen-bond acceptors (Lipinski definition) is 3. The third-order valence-corrected chi connectivity index (χ3v) is 3.60. The van der Waals surface area contributed by atoms with E-state index in [0.29, 0.717) is 43.4 Å². The van der Waals surface area contributed by atoms with Gasteiger partial charge in [-0.2, -0.15) is 13.2 Å². The molecule has 1 aromatic carbocycles. The molecule has 0 bridgehead atoms. The maximum Gasteiger partial charge on any atom is 0.401 e. The summed E-state index contributed by atoms with van der Waals surface area (Å²) in [4.78, 5) is 3.52. The highest BCUT2D eigenvalue weighted by Gasteiger charge is 2.32. The van der Waals surface area contributed by atoms with E-state index < -0.39 is 12.7 Å². The van der Waals surface area contributed by atoms with Gasteiger partial charge in [0.15, 0.2) is 0 Å². The van der Waals surface area contributed by atoms with Crippen molar-refractivity contribution in [2.45, 2.75) is 12.7 Å². The first kappa shape index (κ1) is 15.4. The van der Waals surface area contributed by atoms with Gasteiger partial charge < -0.3 is 5.73 Å². The molecule has 1 fully saturated rings. The number of hydrogen-bond donors (Lipinski definition) is 1. The third kappa shape index (κ3) is 4.54. The van der Waals surface area contributed by atoms with Gasteiger partial charge in [0, 0.05) is 43.4 Å². The molecular formula is C13H17ClF3N3. The Morgan fingerprint density at radius 3 is 2.30 bits per heavy atom. The Kier molecular flexibility index (Phi) is 4.78. The molecule has 0 spiro atoms. The highest BCUT2D eigenvalue weighted by molar-refractivity contribution is 6.30. The Balaban J connectivity index is 1.87. The summed E-state index contributed by atoms with van der Waals surface area (Å²) >= 11 is 5.92. The first-order valence-electron chi connectivity index (χ1n) is 6.39. The van der Waals surface area contributed by atoms with E-state index in [2.05, 4.69) is 4.90 Å². The van der Waals surface area contributed by atoms with Crippen molar-refractivity contribution in [3.63, 3.8) is 0 Å². The minimum Gasteiger partial charge on any atom is -0.398 e. The molecule has 0 unspecified atom stereocenters. The fraction of sp³-hybridized carbons (Fsp3) is 0.538. The quantitative estimate of drug-likeness (QED) is 0.871. The number of nitrogens with two attached hydrogens (primary N) is 1. The van der Waals surface area contributed by atoms with Crippen LogP contribution < -0.4 is 5.73 Å². The van der Waals surface area contributed by atoms with Crippen LogP contribution in [0.1, 0.15) is 5.56 Å². The van der Waals surface area contributed by atoms with Crippen molar-refractivity contribution in [2.24, 2.45) is 0 Å². The van der Waals surface area contributed by atoms with Crippen LogP contribution in [0, 0.1) is 0 Å². The maximum absolute atomic E-state index is 12.3. The molecule has 1 aliphatic rings. The van der Waals surface area contributed by atoms with Crippen LogP contribution in [-0.2, 0) is 6.54 Å². The van der Waals surface area contributed by atoms with Crippen LogP contribution >= 0.6 is 11.6 Å². The smallest absolute Gasteiger partial charge is 0.398 e. The minimum absolute atomic E-state index is 0.417. The predicted molar refractivity (Wildman–Crippen MR) is 73.6 cm³/mol. The average molecular weight is 308 g/mol. The average Bonchev–Trinajstić information content (AvgIpc) is 2.34. The zero-order valence-electron chi connectivity index (χ0n) is 11.0. The number of benzene rings is 1. The molecule has 0 aromatic heterocycles. The Hall–Kier alpha value is -0.980. The van der Waals surface area contributed by atoms with Crippen LogP contribution in [0.25, 0.3) is 0 Å². The highest BCUT2D eigenvalue weighted by Crippen LogP contribution is 2.21. The van der Waals surface area contributed by atoms with E-state index in [4.69, 9.17) is 17.3 Å². The Morgan fingerprint density at radius 1 is 1.10 bits per heavy atom. The molecule has 7 heteroatoms. The van der Waals surface area contributed by atoms with Crippen molar-refractivity contribution in [3.05, 3.63) is 28.8 Å². The molecular weight excluding hydrogens is 291 g/mol.